The zero-order valence-corrected chi connectivity index (χ0v) is 22.3. The maximum atomic E-state index is 13.2. The molecule has 190 valence electrons. The standard InChI is InChI=1S/C26H32FN5O3Si/c1-31-21(8-16-9-25(28-13-23(16)31)30-26(33)17-10-19(17)27)18-11-20-22(12-24(18)34-2)32(14-29-20)15-35-6-7-36(3,4)5/h8-9,11-14,17,19H,6-7,10,15H2,1-5H3,(H,28,30,33)/t17-,19+/m1/s1. The first-order valence-corrected chi connectivity index (χ1v) is 15.9. The Labute approximate surface area is 210 Å². The molecule has 2 atom stereocenters. The van der Waals surface area contributed by atoms with Crippen LogP contribution in [0.1, 0.15) is 6.42 Å². The van der Waals surface area contributed by atoms with Crippen LogP contribution in [0.15, 0.2) is 36.8 Å². The number of pyridine rings is 1. The number of aromatic nitrogens is 4. The maximum absolute atomic E-state index is 13.2. The zero-order valence-electron chi connectivity index (χ0n) is 21.3. The van der Waals surface area contributed by atoms with Gasteiger partial charge in [0.05, 0.1) is 47.8 Å². The number of nitrogens with zero attached hydrogens (tertiary/aromatic N) is 4. The van der Waals surface area contributed by atoms with Gasteiger partial charge in [0.25, 0.3) is 0 Å². The molecule has 0 bridgehead atoms. The first-order chi connectivity index (χ1) is 17.1. The summed E-state index contributed by atoms with van der Waals surface area (Å²) < 4.78 is 29.0. The van der Waals surface area contributed by atoms with Gasteiger partial charge in [0.2, 0.25) is 5.91 Å². The lowest BCUT2D eigenvalue weighted by Gasteiger charge is -2.16. The summed E-state index contributed by atoms with van der Waals surface area (Å²) >= 11 is 0. The number of amides is 1. The van der Waals surface area contributed by atoms with E-state index in [2.05, 4.69) is 34.9 Å². The number of methoxy groups -OCH3 is 1. The van der Waals surface area contributed by atoms with E-state index in [1.807, 2.05) is 40.4 Å². The van der Waals surface area contributed by atoms with Gasteiger partial charge >= 0.3 is 0 Å². The Morgan fingerprint density at radius 2 is 1.97 bits per heavy atom. The molecule has 0 unspecified atom stereocenters. The van der Waals surface area contributed by atoms with Gasteiger partial charge in [0.15, 0.2) is 0 Å². The monoisotopic (exact) mass is 509 g/mol. The number of ether oxygens (including phenoxy) is 2. The van der Waals surface area contributed by atoms with Crippen LogP contribution >= 0.6 is 0 Å². The van der Waals surface area contributed by atoms with Crippen LogP contribution in [-0.4, -0.2) is 53.0 Å². The summed E-state index contributed by atoms with van der Waals surface area (Å²) in [5, 5.41) is 3.64. The molecule has 0 spiro atoms. The second-order valence-electron chi connectivity index (χ2n) is 10.7. The third-order valence-electron chi connectivity index (χ3n) is 6.67. The van der Waals surface area contributed by atoms with Crippen LogP contribution in [0.5, 0.6) is 5.75 Å². The molecule has 3 aromatic heterocycles. The second-order valence-corrected chi connectivity index (χ2v) is 16.3. The van der Waals surface area contributed by atoms with Crippen molar-refractivity contribution in [3.8, 4) is 17.0 Å². The van der Waals surface area contributed by atoms with Crippen molar-refractivity contribution in [1.29, 1.82) is 0 Å². The van der Waals surface area contributed by atoms with Crippen molar-refractivity contribution < 1.29 is 18.7 Å². The van der Waals surface area contributed by atoms with Crippen molar-refractivity contribution in [3.05, 3.63) is 36.8 Å². The zero-order chi connectivity index (χ0) is 25.6. The Hall–Kier alpha value is -3.24. The minimum atomic E-state index is -1.14. The van der Waals surface area contributed by atoms with E-state index in [0.29, 0.717) is 12.5 Å². The highest BCUT2D eigenvalue weighted by molar-refractivity contribution is 6.76. The molecule has 1 aliphatic carbocycles. The van der Waals surface area contributed by atoms with Gasteiger partial charge in [-0.2, -0.15) is 0 Å². The highest BCUT2D eigenvalue weighted by Crippen LogP contribution is 2.37. The lowest BCUT2D eigenvalue weighted by Crippen LogP contribution is -2.21. The number of fused-ring (bicyclic) bond motifs is 2. The summed E-state index contributed by atoms with van der Waals surface area (Å²) in [6.45, 7) is 8.20. The molecule has 10 heteroatoms. The average Bonchev–Trinajstić information content (AvgIpc) is 3.31. The fraction of sp³-hybridized carbons (Fsp3) is 0.423. The molecular formula is C26H32FN5O3Si. The number of carbonyl (C=O) groups is 1. The Balaban J connectivity index is 1.42. The Morgan fingerprint density at radius 3 is 2.67 bits per heavy atom. The predicted molar refractivity (Wildman–Crippen MR) is 142 cm³/mol. The maximum Gasteiger partial charge on any atom is 0.231 e. The predicted octanol–water partition coefficient (Wildman–Crippen LogP) is 5.21. The van der Waals surface area contributed by atoms with Gasteiger partial charge in [-0.25, -0.2) is 14.4 Å². The molecular weight excluding hydrogens is 477 g/mol. The number of hydrogen-bond acceptors (Lipinski definition) is 5. The number of nitrogens with one attached hydrogen (secondary N) is 1. The molecule has 1 amide bonds. The molecule has 1 saturated carbocycles. The molecule has 0 radical (unpaired) electrons. The van der Waals surface area contributed by atoms with Gasteiger partial charge in [0.1, 0.15) is 24.5 Å². The van der Waals surface area contributed by atoms with E-state index < -0.39 is 20.2 Å². The molecule has 0 aliphatic heterocycles. The first kappa shape index (κ1) is 24.5. The largest absolute Gasteiger partial charge is 0.496 e. The third kappa shape index (κ3) is 4.87. The molecule has 0 saturated heterocycles. The van der Waals surface area contributed by atoms with E-state index in [4.69, 9.17) is 9.47 Å². The summed E-state index contributed by atoms with van der Waals surface area (Å²) in [4.78, 5) is 21.1. The van der Waals surface area contributed by atoms with Crippen LogP contribution in [0.3, 0.4) is 0 Å². The van der Waals surface area contributed by atoms with Crippen LogP contribution < -0.4 is 10.1 Å². The minimum Gasteiger partial charge on any atom is -0.496 e. The van der Waals surface area contributed by atoms with Gasteiger partial charge in [-0.05, 0) is 30.7 Å². The van der Waals surface area contributed by atoms with Gasteiger partial charge < -0.3 is 23.9 Å². The van der Waals surface area contributed by atoms with E-state index in [1.165, 1.54) is 0 Å². The summed E-state index contributed by atoms with van der Waals surface area (Å²) in [6.07, 6.45) is 2.75. The second kappa shape index (κ2) is 9.33. The number of aryl methyl sites for hydroxylation is 1. The van der Waals surface area contributed by atoms with Crippen molar-refractivity contribution in [2.75, 3.05) is 19.0 Å². The molecule has 3 heterocycles. The number of rotatable bonds is 9. The molecule has 8 nitrogen and oxygen atoms in total. The van der Waals surface area contributed by atoms with Crippen LogP contribution in [-0.2, 0) is 23.3 Å². The minimum absolute atomic E-state index is 0.284. The number of hydrogen-bond donors (Lipinski definition) is 1. The van der Waals surface area contributed by atoms with E-state index in [9.17, 15) is 9.18 Å². The van der Waals surface area contributed by atoms with E-state index in [-0.39, 0.29) is 12.3 Å². The van der Waals surface area contributed by atoms with Crippen LogP contribution in [0.25, 0.3) is 33.2 Å². The molecule has 1 fully saturated rings. The van der Waals surface area contributed by atoms with E-state index in [1.54, 1.807) is 19.6 Å². The van der Waals surface area contributed by atoms with Crippen LogP contribution in [0, 0.1) is 5.92 Å². The Bertz CT molecular complexity index is 1440. The SMILES string of the molecule is COc1cc2c(cc1-c1cc3cc(NC(=O)[C@@H]4C[C@@H]4F)ncc3n1C)ncn2COCC[Si](C)(C)C. The highest BCUT2D eigenvalue weighted by Gasteiger charge is 2.43. The highest BCUT2D eigenvalue weighted by atomic mass is 28.3. The van der Waals surface area contributed by atoms with Crippen molar-refractivity contribution in [2.24, 2.45) is 13.0 Å². The molecule has 1 aromatic carbocycles. The Kier molecular flexibility index (Phi) is 6.33. The van der Waals surface area contributed by atoms with Crippen molar-refractivity contribution >= 4 is 41.7 Å². The van der Waals surface area contributed by atoms with Crippen molar-refractivity contribution in [3.63, 3.8) is 0 Å². The summed E-state index contributed by atoms with van der Waals surface area (Å²) in [6, 6.07) is 8.97. The van der Waals surface area contributed by atoms with Crippen LogP contribution in [0.4, 0.5) is 10.2 Å². The molecule has 1 N–H and O–H groups in total. The number of halogens is 1. The fourth-order valence-electron chi connectivity index (χ4n) is 4.31. The van der Waals surface area contributed by atoms with Gasteiger partial charge in [0, 0.05) is 38.7 Å². The van der Waals surface area contributed by atoms with E-state index >= 15 is 0 Å². The van der Waals surface area contributed by atoms with Crippen LogP contribution in [0.2, 0.25) is 25.7 Å². The summed E-state index contributed by atoms with van der Waals surface area (Å²) in [7, 11) is 2.48. The van der Waals surface area contributed by atoms with Gasteiger partial charge in [-0.15, -0.1) is 0 Å². The fourth-order valence-corrected chi connectivity index (χ4v) is 5.07. The lowest BCUT2D eigenvalue weighted by molar-refractivity contribution is -0.117. The van der Waals surface area contributed by atoms with Gasteiger partial charge in [-0.3, -0.25) is 4.79 Å². The normalized spacial score (nSPS) is 17.6. The Morgan fingerprint density at radius 1 is 1.19 bits per heavy atom. The number of anilines is 1. The van der Waals surface area contributed by atoms with Crippen molar-refractivity contribution in [2.45, 2.75) is 45.0 Å². The number of carbonyl (C=O) groups excluding carboxylic acids is 1. The topological polar surface area (TPSA) is 83.2 Å². The average molecular weight is 510 g/mol. The lowest BCUT2D eigenvalue weighted by atomic mass is 10.1. The molecule has 4 aromatic rings. The number of benzene rings is 1. The van der Waals surface area contributed by atoms with E-state index in [0.717, 1.165) is 51.6 Å². The third-order valence-corrected chi connectivity index (χ3v) is 8.38. The quantitative estimate of drug-likeness (QED) is 0.247. The molecule has 1 aliphatic rings. The first-order valence-electron chi connectivity index (χ1n) is 12.2. The molecule has 36 heavy (non-hydrogen) atoms. The summed E-state index contributed by atoms with van der Waals surface area (Å²) in [5.74, 6) is 0.258. The number of imidazole rings is 1. The van der Waals surface area contributed by atoms with Gasteiger partial charge in [-0.1, -0.05) is 19.6 Å². The molecule has 5 rings (SSSR count). The van der Waals surface area contributed by atoms with Crippen molar-refractivity contribution in [1.82, 2.24) is 19.1 Å². The summed E-state index contributed by atoms with van der Waals surface area (Å²) in [5.41, 5.74) is 4.53. The number of alkyl halides is 1. The smallest absolute Gasteiger partial charge is 0.231 e.